The molecule has 2 rings (SSSR count). The highest BCUT2D eigenvalue weighted by Gasteiger charge is 2.30. The second-order valence-electron chi connectivity index (χ2n) is 4.29. The van der Waals surface area contributed by atoms with Crippen molar-refractivity contribution >= 4 is 11.3 Å². The van der Waals surface area contributed by atoms with Gasteiger partial charge >= 0.3 is 6.18 Å². The summed E-state index contributed by atoms with van der Waals surface area (Å²) < 4.78 is 37.7. The summed E-state index contributed by atoms with van der Waals surface area (Å²) in [5.74, 6) is 0. The van der Waals surface area contributed by atoms with E-state index in [9.17, 15) is 13.2 Å². The lowest BCUT2D eigenvalue weighted by Crippen LogP contribution is -2.25. The van der Waals surface area contributed by atoms with Crippen LogP contribution >= 0.6 is 11.3 Å². The molecule has 1 heterocycles. The molecule has 0 radical (unpaired) electrons. The third-order valence-corrected chi connectivity index (χ3v) is 3.47. The molecule has 1 unspecified atom stereocenters. The van der Waals surface area contributed by atoms with Gasteiger partial charge in [0, 0.05) is 24.0 Å². The van der Waals surface area contributed by atoms with Gasteiger partial charge in [-0.3, -0.25) is 0 Å². The SMILES string of the molecule is NC(Cc1cccc(C(F)(F)F)c1)Cc1nccs1. The normalized spacial score (nSPS) is 13.5. The number of thiazole rings is 1. The summed E-state index contributed by atoms with van der Waals surface area (Å²) in [6, 6.07) is 5.07. The van der Waals surface area contributed by atoms with Gasteiger partial charge in [0.1, 0.15) is 0 Å². The quantitative estimate of drug-likeness (QED) is 0.937. The van der Waals surface area contributed by atoms with Crippen LogP contribution in [0.3, 0.4) is 0 Å². The number of hydrogen-bond donors (Lipinski definition) is 1. The molecule has 102 valence electrons. The molecule has 6 heteroatoms. The zero-order chi connectivity index (χ0) is 13.9. The number of benzene rings is 1. The molecule has 0 saturated carbocycles. The lowest BCUT2D eigenvalue weighted by molar-refractivity contribution is -0.137. The molecule has 2 aromatic rings. The highest BCUT2D eigenvalue weighted by Crippen LogP contribution is 2.29. The van der Waals surface area contributed by atoms with Crippen molar-refractivity contribution < 1.29 is 13.2 Å². The summed E-state index contributed by atoms with van der Waals surface area (Å²) in [4.78, 5) is 4.11. The summed E-state index contributed by atoms with van der Waals surface area (Å²) in [5.41, 5.74) is 5.90. The van der Waals surface area contributed by atoms with E-state index in [1.165, 1.54) is 17.4 Å². The Hall–Kier alpha value is -1.40. The molecule has 1 atom stereocenters. The Morgan fingerprint density at radius 3 is 2.68 bits per heavy atom. The maximum atomic E-state index is 12.6. The second kappa shape index (κ2) is 5.71. The molecular formula is C13H13F3N2S. The van der Waals surface area contributed by atoms with Crippen molar-refractivity contribution in [3.05, 3.63) is 52.0 Å². The Kier molecular flexibility index (Phi) is 4.21. The lowest BCUT2D eigenvalue weighted by atomic mass is 10.0. The molecular weight excluding hydrogens is 273 g/mol. The van der Waals surface area contributed by atoms with Crippen LogP contribution < -0.4 is 5.73 Å². The number of nitrogens with zero attached hydrogens (tertiary/aromatic N) is 1. The first-order valence-electron chi connectivity index (χ1n) is 5.75. The molecule has 2 N–H and O–H groups in total. The van der Waals surface area contributed by atoms with E-state index in [-0.39, 0.29) is 6.04 Å². The van der Waals surface area contributed by atoms with Gasteiger partial charge in [0.15, 0.2) is 0 Å². The summed E-state index contributed by atoms with van der Waals surface area (Å²) in [5, 5.41) is 2.76. The first-order chi connectivity index (χ1) is 8.95. The maximum Gasteiger partial charge on any atom is 0.416 e. The van der Waals surface area contributed by atoms with Gasteiger partial charge in [-0.2, -0.15) is 13.2 Å². The van der Waals surface area contributed by atoms with Crippen molar-refractivity contribution in [3.8, 4) is 0 Å². The average Bonchev–Trinajstić information content (AvgIpc) is 2.80. The van der Waals surface area contributed by atoms with E-state index in [0.717, 1.165) is 17.1 Å². The monoisotopic (exact) mass is 286 g/mol. The number of aromatic nitrogens is 1. The smallest absolute Gasteiger partial charge is 0.327 e. The minimum absolute atomic E-state index is 0.227. The third-order valence-electron chi connectivity index (χ3n) is 2.67. The Labute approximate surface area is 113 Å². The van der Waals surface area contributed by atoms with Gasteiger partial charge in [0.2, 0.25) is 0 Å². The summed E-state index contributed by atoms with van der Waals surface area (Å²) in [6.45, 7) is 0. The van der Waals surface area contributed by atoms with Crippen LogP contribution in [0.25, 0.3) is 0 Å². The zero-order valence-electron chi connectivity index (χ0n) is 10.0. The fourth-order valence-corrected chi connectivity index (χ4v) is 2.54. The van der Waals surface area contributed by atoms with Gasteiger partial charge in [-0.25, -0.2) is 4.98 Å². The fraction of sp³-hybridized carbons (Fsp3) is 0.308. The molecule has 1 aromatic heterocycles. The molecule has 19 heavy (non-hydrogen) atoms. The van der Waals surface area contributed by atoms with Crippen molar-refractivity contribution in [1.82, 2.24) is 4.98 Å². The highest BCUT2D eigenvalue weighted by molar-refractivity contribution is 7.09. The molecule has 0 aliphatic carbocycles. The largest absolute Gasteiger partial charge is 0.416 e. The van der Waals surface area contributed by atoms with Crippen molar-refractivity contribution in [1.29, 1.82) is 0 Å². The zero-order valence-corrected chi connectivity index (χ0v) is 10.8. The van der Waals surface area contributed by atoms with Gasteiger partial charge in [-0.1, -0.05) is 18.2 Å². The van der Waals surface area contributed by atoms with Crippen LogP contribution in [0.5, 0.6) is 0 Å². The van der Waals surface area contributed by atoms with E-state index < -0.39 is 11.7 Å². The Morgan fingerprint density at radius 1 is 1.26 bits per heavy atom. The predicted molar refractivity (Wildman–Crippen MR) is 68.9 cm³/mol. The van der Waals surface area contributed by atoms with Crippen molar-refractivity contribution in [2.75, 3.05) is 0 Å². The standard InChI is InChI=1S/C13H13F3N2S/c14-13(15,16)10-3-1-2-9(6-10)7-11(17)8-12-18-4-5-19-12/h1-6,11H,7-8,17H2. The van der Waals surface area contributed by atoms with Crippen LogP contribution in [0.2, 0.25) is 0 Å². The fourth-order valence-electron chi connectivity index (χ4n) is 1.83. The molecule has 0 saturated heterocycles. The van der Waals surface area contributed by atoms with Crippen molar-refractivity contribution in [3.63, 3.8) is 0 Å². The number of nitrogens with two attached hydrogens (primary N) is 1. The number of alkyl halides is 3. The van der Waals surface area contributed by atoms with Crippen LogP contribution in [0.4, 0.5) is 13.2 Å². The van der Waals surface area contributed by atoms with Gasteiger partial charge < -0.3 is 5.73 Å². The number of rotatable bonds is 4. The van der Waals surface area contributed by atoms with Crippen LogP contribution in [0.1, 0.15) is 16.1 Å². The summed E-state index contributed by atoms with van der Waals surface area (Å²) in [6.07, 6.45) is -1.64. The molecule has 0 fully saturated rings. The first kappa shape index (κ1) is 14.0. The van der Waals surface area contributed by atoms with E-state index in [2.05, 4.69) is 4.98 Å². The average molecular weight is 286 g/mol. The predicted octanol–water partition coefficient (Wildman–Crippen LogP) is 3.27. The molecule has 0 spiro atoms. The minimum Gasteiger partial charge on any atom is -0.327 e. The van der Waals surface area contributed by atoms with Gasteiger partial charge in [-0.05, 0) is 18.1 Å². The van der Waals surface area contributed by atoms with Gasteiger partial charge in [0.05, 0.1) is 10.6 Å². The second-order valence-corrected chi connectivity index (χ2v) is 5.27. The molecule has 0 aliphatic rings. The minimum atomic E-state index is -4.31. The molecule has 0 aliphatic heterocycles. The Morgan fingerprint density at radius 2 is 2.05 bits per heavy atom. The molecule has 1 aromatic carbocycles. The van der Waals surface area contributed by atoms with Gasteiger partial charge in [-0.15, -0.1) is 11.3 Å². The van der Waals surface area contributed by atoms with E-state index in [1.54, 1.807) is 12.3 Å². The van der Waals surface area contributed by atoms with Crippen LogP contribution in [0, 0.1) is 0 Å². The molecule has 2 nitrogen and oxygen atoms in total. The van der Waals surface area contributed by atoms with Crippen LogP contribution in [-0.2, 0) is 19.0 Å². The first-order valence-corrected chi connectivity index (χ1v) is 6.63. The topological polar surface area (TPSA) is 38.9 Å². The van der Waals surface area contributed by atoms with Crippen LogP contribution in [0.15, 0.2) is 35.8 Å². The molecule has 0 amide bonds. The summed E-state index contributed by atoms with van der Waals surface area (Å²) >= 11 is 1.50. The van der Waals surface area contributed by atoms with Crippen molar-refractivity contribution in [2.24, 2.45) is 5.73 Å². The van der Waals surface area contributed by atoms with E-state index in [0.29, 0.717) is 18.4 Å². The lowest BCUT2D eigenvalue weighted by Gasteiger charge is -2.12. The van der Waals surface area contributed by atoms with E-state index in [1.807, 2.05) is 5.38 Å². The maximum absolute atomic E-state index is 12.6. The summed E-state index contributed by atoms with van der Waals surface area (Å²) in [7, 11) is 0. The van der Waals surface area contributed by atoms with E-state index >= 15 is 0 Å². The Balaban J connectivity index is 2.03. The Bertz CT molecular complexity index is 523. The highest BCUT2D eigenvalue weighted by atomic mass is 32.1. The molecule has 0 bridgehead atoms. The van der Waals surface area contributed by atoms with Gasteiger partial charge in [0.25, 0.3) is 0 Å². The number of hydrogen-bond acceptors (Lipinski definition) is 3. The van der Waals surface area contributed by atoms with E-state index in [4.69, 9.17) is 5.73 Å². The van der Waals surface area contributed by atoms with Crippen LogP contribution in [-0.4, -0.2) is 11.0 Å². The third kappa shape index (κ3) is 4.04. The number of halogens is 3. The van der Waals surface area contributed by atoms with Crippen molar-refractivity contribution in [2.45, 2.75) is 25.1 Å².